The molecule has 0 radical (unpaired) electrons. The number of unbranched alkanes of at least 4 members (excludes halogenated alkanes) is 2. The van der Waals surface area contributed by atoms with Crippen LogP contribution in [0.4, 0.5) is 17.6 Å². The molecule has 32 heavy (non-hydrogen) atoms. The monoisotopic (exact) mass is 452 g/mol. The summed E-state index contributed by atoms with van der Waals surface area (Å²) < 4.78 is 51.3. The summed E-state index contributed by atoms with van der Waals surface area (Å²) in [6.45, 7) is 2.28. The van der Waals surface area contributed by atoms with Crippen molar-refractivity contribution in [2.45, 2.75) is 109 Å². The van der Waals surface area contributed by atoms with Crippen LogP contribution in [0.2, 0.25) is 0 Å². The Morgan fingerprint density at radius 2 is 1.38 bits per heavy atom. The second-order valence-electron chi connectivity index (χ2n) is 10.3. The first-order valence-electron chi connectivity index (χ1n) is 12.9. The lowest BCUT2D eigenvalue weighted by Crippen LogP contribution is -2.18. The molecule has 2 saturated carbocycles. The maximum atomic E-state index is 14.3. The molecule has 2 aliphatic rings. The standard InChI is InChI=1S/C28H40F4/c1-2-3-4-5-21-6-8-22(9-7-21)10-11-23-12-14-24(15-13-23)26-17-16-25(27(29)20-26)18-19-28(30,31)32/h16-24H,2-15H2,1H3/b19-18+. The molecule has 0 amide bonds. The third-order valence-corrected chi connectivity index (χ3v) is 7.96. The van der Waals surface area contributed by atoms with Crippen molar-refractivity contribution >= 4 is 6.08 Å². The average molecular weight is 453 g/mol. The van der Waals surface area contributed by atoms with Crippen LogP contribution in [0.25, 0.3) is 6.08 Å². The number of benzene rings is 1. The van der Waals surface area contributed by atoms with E-state index in [1.165, 1.54) is 89.2 Å². The number of hydrogen-bond acceptors (Lipinski definition) is 0. The Hall–Kier alpha value is -1.32. The van der Waals surface area contributed by atoms with Crippen molar-refractivity contribution < 1.29 is 17.6 Å². The number of alkyl halides is 3. The molecule has 1 aromatic rings. The number of halogens is 4. The fraction of sp³-hybridized carbons (Fsp3) is 0.714. The lowest BCUT2D eigenvalue weighted by atomic mass is 9.74. The first kappa shape index (κ1) is 25.3. The SMILES string of the molecule is CCCCCC1CCC(CCC2CCC(c3ccc(/C=C/C(F)(F)F)c(F)c3)CC2)CC1. The Kier molecular flexibility index (Phi) is 9.67. The van der Waals surface area contributed by atoms with Crippen LogP contribution in [-0.2, 0) is 0 Å². The van der Waals surface area contributed by atoms with E-state index in [2.05, 4.69) is 6.92 Å². The number of allylic oxidation sites excluding steroid dienone is 1. The molecule has 0 unspecified atom stereocenters. The summed E-state index contributed by atoms with van der Waals surface area (Å²) in [5.74, 6) is 2.45. The zero-order valence-electron chi connectivity index (χ0n) is 19.6. The molecular weight excluding hydrogens is 412 g/mol. The summed E-state index contributed by atoms with van der Waals surface area (Å²) in [4.78, 5) is 0. The van der Waals surface area contributed by atoms with Crippen molar-refractivity contribution in [1.82, 2.24) is 0 Å². The van der Waals surface area contributed by atoms with Crippen LogP contribution in [-0.4, -0.2) is 6.18 Å². The van der Waals surface area contributed by atoms with Gasteiger partial charge in [0.25, 0.3) is 0 Å². The molecule has 3 rings (SSSR count). The fourth-order valence-corrected chi connectivity index (χ4v) is 5.86. The Labute approximate surface area is 191 Å². The van der Waals surface area contributed by atoms with Crippen molar-refractivity contribution in [3.05, 3.63) is 41.2 Å². The molecular formula is C28H40F4. The van der Waals surface area contributed by atoms with Gasteiger partial charge in [0.1, 0.15) is 5.82 Å². The summed E-state index contributed by atoms with van der Waals surface area (Å²) in [5, 5.41) is 0. The molecule has 180 valence electrons. The number of hydrogen-bond donors (Lipinski definition) is 0. The first-order chi connectivity index (χ1) is 15.3. The van der Waals surface area contributed by atoms with Crippen LogP contribution in [0.15, 0.2) is 24.3 Å². The zero-order valence-corrected chi connectivity index (χ0v) is 19.6. The molecule has 2 fully saturated rings. The van der Waals surface area contributed by atoms with E-state index >= 15 is 0 Å². The quantitative estimate of drug-likeness (QED) is 0.258. The molecule has 1 aromatic carbocycles. The van der Waals surface area contributed by atoms with Gasteiger partial charge in [-0.05, 0) is 67.1 Å². The van der Waals surface area contributed by atoms with Crippen LogP contribution in [0.1, 0.15) is 114 Å². The van der Waals surface area contributed by atoms with Crippen molar-refractivity contribution in [2.75, 3.05) is 0 Å². The van der Waals surface area contributed by atoms with Crippen LogP contribution in [0.3, 0.4) is 0 Å². The maximum absolute atomic E-state index is 14.3. The van der Waals surface area contributed by atoms with E-state index in [1.807, 2.05) is 6.07 Å². The average Bonchev–Trinajstić information content (AvgIpc) is 2.77. The van der Waals surface area contributed by atoms with Crippen LogP contribution in [0, 0.1) is 23.6 Å². The maximum Gasteiger partial charge on any atom is 0.409 e. The Morgan fingerprint density at radius 3 is 1.91 bits per heavy atom. The summed E-state index contributed by atoms with van der Waals surface area (Å²) >= 11 is 0. The normalized spacial score (nSPS) is 27.2. The van der Waals surface area contributed by atoms with Crippen molar-refractivity contribution in [1.29, 1.82) is 0 Å². The van der Waals surface area contributed by atoms with Gasteiger partial charge in [0, 0.05) is 11.6 Å². The minimum absolute atomic E-state index is 0.000143. The van der Waals surface area contributed by atoms with Gasteiger partial charge in [0.2, 0.25) is 0 Å². The molecule has 0 N–H and O–H groups in total. The van der Waals surface area contributed by atoms with Crippen molar-refractivity contribution in [2.24, 2.45) is 17.8 Å². The number of rotatable bonds is 9. The van der Waals surface area contributed by atoms with Gasteiger partial charge in [0.05, 0.1) is 0 Å². The lowest BCUT2D eigenvalue weighted by Gasteiger charge is -2.32. The van der Waals surface area contributed by atoms with E-state index in [9.17, 15) is 17.6 Å². The minimum atomic E-state index is -4.42. The topological polar surface area (TPSA) is 0 Å². The molecule has 0 saturated heterocycles. The third kappa shape index (κ3) is 8.23. The highest BCUT2D eigenvalue weighted by molar-refractivity contribution is 5.51. The fourth-order valence-electron chi connectivity index (χ4n) is 5.86. The van der Waals surface area contributed by atoms with E-state index < -0.39 is 12.0 Å². The van der Waals surface area contributed by atoms with Gasteiger partial charge in [-0.25, -0.2) is 4.39 Å². The Balaban J connectivity index is 1.37. The molecule has 0 spiro atoms. The van der Waals surface area contributed by atoms with Gasteiger partial charge in [-0.15, -0.1) is 0 Å². The van der Waals surface area contributed by atoms with E-state index in [0.717, 1.165) is 42.2 Å². The van der Waals surface area contributed by atoms with Crippen LogP contribution >= 0.6 is 0 Å². The molecule has 0 aromatic heterocycles. The zero-order chi connectivity index (χ0) is 23.0. The molecule has 0 bridgehead atoms. The molecule has 0 aliphatic heterocycles. The second-order valence-corrected chi connectivity index (χ2v) is 10.3. The Bertz CT molecular complexity index is 705. The molecule has 0 nitrogen and oxygen atoms in total. The van der Waals surface area contributed by atoms with E-state index in [-0.39, 0.29) is 11.6 Å². The van der Waals surface area contributed by atoms with E-state index in [4.69, 9.17) is 0 Å². The third-order valence-electron chi connectivity index (χ3n) is 7.96. The molecule has 2 aliphatic carbocycles. The van der Waals surface area contributed by atoms with Gasteiger partial charge in [-0.2, -0.15) is 13.2 Å². The summed E-state index contributed by atoms with van der Waals surface area (Å²) in [5.41, 5.74) is 0.936. The van der Waals surface area contributed by atoms with Gasteiger partial charge >= 0.3 is 6.18 Å². The molecule has 0 heterocycles. The highest BCUT2D eigenvalue weighted by Crippen LogP contribution is 2.40. The van der Waals surface area contributed by atoms with E-state index in [0.29, 0.717) is 5.92 Å². The summed E-state index contributed by atoms with van der Waals surface area (Å²) in [6.07, 6.45) is 14.9. The predicted molar refractivity (Wildman–Crippen MR) is 125 cm³/mol. The summed E-state index contributed by atoms with van der Waals surface area (Å²) in [6, 6.07) is 4.74. The summed E-state index contributed by atoms with van der Waals surface area (Å²) in [7, 11) is 0. The highest BCUT2D eigenvalue weighted by atomic mass is 19.4. The molecule has 4 heteroatoms. The smallest absolute Gasteiger partial charge is 0.206 e. The predicted octanol–water partition coefficient (Wildman–Crippen LogP) is 9.84. The largest absolute Gasteiger partial charge is 0.409 e. The van der Waals surface area contributed by atoms with Gasteiger partial charge in [-0.3, -0.25) is 0 Å². The lowest BCUT2D eigenvalue weighted by molar-refractivity contribution is -0.0790. The van der Waals surface area contributed by atoms with Crippen molar-refractivity contribution in [3.63, 3.8) is 0 Å². The highest BCUT2D eigenvalue weighted by Gasteiger charge is 2.26. The first-order valence-corrected chi connectivity index (χ1v) is 12.9. The van der Waals surface area contributed by atoms with Gasteiger partial charge in [0.15, 0.2) is 0 Å². The van der Waals surface area contributed by atoms with Crippen molar-refractivity contribution in [3.8, 4) is 0 Å². The van der Waals surface area contributed by atoms with Crippen LogP contribution in [0.5, 0.6) is 0 Å². The van der Waals surface area contributed by atoms with E-state index in [1.54, 1.807) is 0 Å². The van der Waals surface area contributed by atoms with Gasteiger partial charge in [-0.1, -0.05) is 83.3 Å². The Morgan fingerprint density at radius 1 is 0.812 bits per heavy atom. The second kappa shape index (κ2) is 12.2. The van der Waals surface area contributed by atoms with Gasteiger partial charge < -0.3 is 0 Å². The molecule has 0 atom stereocenters. The minimum Gasteiger partial charge on any atom is -0.206 e. The van der Waals surface area contributed by atoms with Crippen LogP contribution < -0.4 is 0 Å².